The van der Waals surface area contributed by atoms with Crippen molar-refractivity contribution in [1.82, 2.24) is 20.5 Å². The zero-order valence-corrected chi connectivity index (χ0v) is 10.4. The van der Waals surface area contributed by atoms with Crippen LogP contribution in [-0.4, -0.2) is 22.2 Å². The number of halogens is 1. The van der Waals surface area contributed by atoms with Gasteiger partial charge in [0.15, 0.2) is 5.82 Å². The molecule has 16 heavy (non-hydrogen) atoms. The van der Waals surface area contributed by atoms with Crippen molar-refractivity contribution in [3.05, 3.63) is 40.8 Å². The second-order valence-electron chi connectivity index (χ2n) is 3.27. The Balaban J connectivity index is 2.40. The lowest BCUT2D eigenvalue weighted by molar-refractivity contribution is 0.731. The maximum atomic E-state index is 4.43. The Morgan fingerprint density at radius 1 is 1.31 bits per heavy atom. The van der Waals surface area contributed by atoms with E-state index in [1.807, 2.05) is 31.3 Å². The van der Waals surface area contributed by atoms with Crippen molar-refractivity contribution >= 4 is 15.9 Å². The second-order valence-corrected chi connectivity index (χ2v) is 4.12. The molecule has 1 aromatic heterocycles. The Morgan fingerprint density at radius 3 is 2.88 bits per heavy atom. The first-order chi connectivity index (χ1) is 7.81. The molecule has 1 aromatic carbocycles. The van der Waals surface area contributed by atoms with Crippen LogP contribution in [0.2, 0.25) is 0 Å². The van der Waals surface area contributed by atoms with Crippen molar-refractivity contribution in [3.8, 4) is 11.3 Å². The molecule has 1 heterocycles. The zero-order valence-electron chi connectivity index (χ0n) is 8.81. The minimum atomic E-state index is 0.616. The van der Waals surface area contributed by atoms with Gasteiger partial charge in [0.05, 0.1) is 18.4 Å². The van der Waals surface area contributed by atoms with E-state index in [1.54, 1.807) is 6.20 Å². The lowest BCUT2D eigenvalue weighted by Crippen LogP contribution is -2.10. The molecule has 0 spiro atoms. The van der Waals surface area contributed by atoms with E-state index in [0.29, 0.717) is 12.4 Å². The first-order valence-corrected chi connectivity index (χ1v) is 5.68. The summed E-state index contributed by atoms with van der Waals surface area (Å²) < 4.78 is 1.01. The first kappa shape index (κ1) is 11.2. The number of hydrogen-bond acceptors (Lipinski definition) is 4. The summed E-state index contributed by atoms with van der Waals surface area (Å²) >= 11 is 3.49. The summed E-state index contributed by atoms with van der Waals surface area (Å²) in [6.45, 7) is 0.616. The molecule has 0 unspecified atom stereocenters. The Hall–Kier alpha value is -1.33. The van der Waals surface area contributed by atoms with E-state index in [1.165, 1.54) is 0 Å². The lowest BCUT2D eigenvalue weighted by atomic mass is 10.2. The van der Waals surface area contributed by atoms with Gasteiger partial charge in [-0.15, -0.1) is 5.10 Å². The topological polar surface area (TPSA) is 50.7 Å². The molecule has 2 rings (SSSR count). The van der Waals surface area contributed by atoms with Gasteiger partial charge in [-0.2, -0.15) is 5.10 Å². The fourth-order valence-corrected chi connectivity index (χ4v) is 1.86. The van der Waals surface area contributed by atoms with Crippen LogP contribution in [0.1, 0.15) is 5.82 Å². The van der Waals surface area contributed by atoms with Crippen LogP contribution in [0.15, 0.2) is 34.9 Å². The first-order valence-electron chi connectivity index (χ1n) is 4.89. The van der Waals surface area contributed by atoms with Gasteiger partial charge in [-0.05, 0) is 13.1 Å². The van der Waals surface area contributed by atoms with E-state index < -0.39 is 0 Å². The smallest absolute Gasteiger partial charge is 0.165 e. The summed E-state index contributed by atoms with van der Waals surface area (Å²) in [6, 6.07) is 7.92. The molecule has 0 saturated heterocycles. The fraction of sp³-hybridized carbons (Fsp3) is 0.182. The molecule has 82 valence electrons. The number of aromatic nitrogens is 3. The van der Waals surface area contributed by atoms with Gasteiger partial charge < -0.3 is 5.32 Å². The molecule has 4 nitrogen and oxygen atoms in total. The van der Waals surface area contributed by atoms with Crippen LogP contribution in [0.4, 0.5) is 0 Å². The van der Waals surface area contributed by atoms with E-state index in [-0.39, 0.29) is 0 Å². The molecule has 0 aliphatic rings. The van der Waals surface area contributed by atoms with Gasteiger partial charge in [0.2, 0.25) is 0 Å². The second kappa shape index (κ2) is 5.14. The molecule has 0 saturated carbocycles. The van der Waals surface area contributed by atoms with Crippen molar-refractivity contribution in [3.63, 3.8) is 0 Å². The highest BCUT2D eigenvalue weighted by Gasteiger charge is 2.05. The summed E-state index contributed by atoms with van der Waals surface area (Å²) in [5, 5.41) is 10.9. The molecule has 5 heteroatoms. The standard InChI is InChI=1S/C11H11BrN4/c1-13-7-11-15-10(6-14-16-11)8-4-2-3-5-9(8)12/h2-6,13H,7H2,1H3. The summed E-state index contributed by atoms with van der Waals surface area (Å²) in [7, 11) is 1.86. The molecule has 0 atom stereocenters. The third-order valence-corrected chi connectivity index (χ3v) is 2.78. The summed E-state index contributed by atoms with van der Waals surface area (Å²) in [4.78, 5) is 4.43. The van der Waals surface area contributed by atoms with Crippen molar-refractivity contribution in [2.75, 3.05) is 7.05 Å². The fourth-order valence-electron chi connectivity index (χ4n) is 1.37. The normalized spacial score (nSPS) is 10.4. The molecule has 0 aliphatic heterocycles. The SMILES string of the molecule is CNCc1nncc(-c2ccccc2Br)n1. The molecule has 0 bridgehead atoms. The van der Waals surface area contributed by atoms with E-state index in [9.17, 15) is 0 Å². The highest BCUT2D eigenvalue weighted by Crippen LogP contribution is 2.25. The van der Waals surface area contributed by atoms with Gasteiger partial charge in [0.25, 0.3) is 0 Å². The van der Waals surface area contributed by atoms with E-state index in [0.717, 1.165) is 15.7 Å². The summed E-state index contributed by atoms with van der Waals surface area (Å²) in [5.74, 6) is 0.691. The molecule has 0 amide bonds. The van der Waals surface area contributed by atoms with Crippen molar-refractivity contribution in [2.45, 2.75) is 6.54 Å². The Morgan fingerprint density at radius 2 is 2.12 bits per heavy atom. The number of nitrogens with zero attached hydrogens (tertiary/aromatic N) is 3. The highest BCUT2D eigenvalue weighted by molar-refractivity contribution is 9.10. The average molecular weight is 279 g/mol. The van der Waals surface area contributed by atoms with Gasteiger partial charge in [-0.1, -0.05) is 34.1 Å². The third-order valence-electron chi connectivity index (χ3n) is 2.09. The number of rotatable bonds is 3. The van der Waals surface area contributed by atoms with Crippen LogP contribution in [0.3, 0.4) is 0 Å². The van der Waals surface area contributed by atoms with Gasteiger partial charge in [-0.25, -0.2) is 4.98 Å². The molecular formula is C11H11BrN4. The zero-order chi connectivity index (χ0) is 11.4. The minimum Gasteiger partial charge on any atom is -0.313 e. The predicted octanol–water partition coefficient (Wildman–Crippen LogP) is 2.02. The van der Waals surface area contributed by atoms with Crippen LogP contribution in [0, 0.1) is 0 Å². The van der Waals surface area contributed by atoms with Crippen LogP contribution in [0.25, 0.3) is 11.3 Å². The summed E-state index contributed by atoms with van der Waals surface area (Å²) in [6.07, 6.45) is 1.67. The van der Waals surface area contributed by atoms with Crippen molar-refractivity contribution < 1.29 is 0 Å². The molecule has 1 N–H and O–H groups in total. The van der Waals surface area contributed by atoms with Gasteiger partial charge in [0, 0.05) is 10.0 Å². The van der Waals surface area contributed by atoms with Crippen LogP contribution < -0.4 is 5.32 Å². The molecule has 2 aromatic rings. The van der Waals surface area contributed by atoms with E-state index >= 15 is 0 Å². The Kier molecular flexibility index (Phi) is 3.58. The lowest BCUT2D eigenvalue weighted by Gasteiger charge is -2.04. The molecular weight excluding hydrogens is 268 g/mol. The molecule has 0 aliphatic carbocycles. The molecule has 0 radical (unpaired) electrons. The molecule has 0 fully saturated rings. The number of hydrogen-bond donors (Lipinski definition) is 1. The minimum absolute atomic E-state index is 0.616. The van der Waals surface area contributed by atoms with Crippen LogP contribution in [0.5, 0.6) is 0 Å². The maximum Gasteiger partial charge on any atom is 0.165 e. The average Bonchev–Trinajstić information content (AvgIpc) is 2.30. The van der Waals surface area contributed by atoms with Gasteiger partial charge in [0.1, 0.15) is 0 Å². The largest absolute Gasteiger partial charge is 0.313 e. The highest BCUT2D eigenvalue weighted by atomic mass is 79.9. The van der Waals surface area contributed by atoms with E-state index in [4.69, 9.17) is 0 Å². The van der Waals surface area contributed by atoms with Crippen molar-refractivity contribution in [1.29, 1.82) is 0 Å². The predicted molar refractivity (Wildman–Crippen MR) is 65.7 cm³/mol. The van der Waals surface area contributed by atoms with Crippen LogP contribution in [-0.2, 0) is 6.54 Å². The quantitative estimate of drug-likeness (QED) is 0.933. The number of benzene rings is 1. The Labute approximate surface area is 102 Å². The maximum absolute atomic E-state index is 4.43. The summed E-state index contributed by atoms with van der Waals surface area (Å²) in [5.41, 5.74) is 1.85. The third kappa shape index (κ3) is 2.43. The van der Waals surface area contributed by atoms with E-state index in [2.05, 4.69) is 36.4 Å². The van der Waals surface area contributed by atoms with Crippen LogP contribution >= 0.6 is 15.9 Å². The number of nitrogens with one attached hydrogen (secondary N) is 1. The monoisotopic (exact) mass is 278 g/mol. The Bertz CT molecular complexity index is 487. The van der Waals surface area contributed by atoms with Gasteiger partial charge in [-0.3, -0.25) is 0 Å². The van der Waals surface area contributed by atoms with Gasteiger partial charge >= 0.3 is 0 Å². The van der Waals surface area contributed by atoms with Crippen molar-refractivity contribution in [2.24, 2.45) is 0 Å².